The van der Waals surface area contributed by atoms with Gasteiger partial charge in [-0.25, -0.2) is 8.42 Å². The summed E-state index contributed by atoms with van der Waals surface area (Å²) in [6, 6.07) is 22.0. The molecule has 0 bridgehead atoms. The molecule has 0 aromatic heterocycles. The van der Waals surface area contributed by atoms with Crippen LogP contribution in [0.5, 0.6) is 5.75 Å². The van der Waals surface area contributed by atoms with Crippen LogP contribution in [0.1, 0.15) is 27.8 Å². The lowest BCUT2D eigenvalue weighted by atomic mass is 9.91. The second kappa shape index (κ2) is 7.76. The number of fused-ring (bicyclic) bond motifs is 2. The van der Waals surface area contributed by atoms with E-state index in [4.69, 9.17) is 4.74 Å². The number of hydrogen-bond donors (Lipinski definition) is 1. The zero-order valence-electron chi connectivity index (χ0n) is 16.5. The number of benzene rings is 3. The Labute approximate surface area is 171 Å². The fourth-order valence-corrected chi connectivity index (χ4v) is 4.44. The summed E-state index contributed by atoms with van der Waals surface area (Å²) < 4.78 is 31.5. The van der Waals surface area contributed by atoms with Crippen molar-refractivity contribution in [3.63, 3.8) is 0 Å². The van der Waals surface area contributed by atoms with E-state index in [9.17, 15) is 8.42 Å². The Balaban J connectivity index is 1.92. The number of anilines is 1. The normalized spacial score (nSPS) is 14.6. The number of rotatable bonds is 4. The lowest BCUT2D eigenvalue weighted by Crippen LogP contribution is -2.09. The van der Waals surface area contributed by atoms with E-state index in [1.54, 1.807) is 13.2 Å². The van der Waals surface area contributed by atoms with Gasteiger partial charge in [-0.3, -0.25) is 4.72 Å². The summed E-state index contributed by atoms with van der Waals surface area (Å²) in [5.41, 5.74) is 7.37. The summed E-state index contributed by atoms with van der Waals surface area (Å²) >= 11 is 0. The zero-order valence-corrected chi connectivity index (χ0v) is 17.3. The molecule has 4 rings (SSSR count). The van der Waals surface area contributed by atoms with Gasteiger partial charge in [0, 0.05) is 11.3 Å². The molecule has 0 heterocycles. The summed E-state index contributed by atoms with van der Waals surface area (Å²) in [7, 11) is -1.64. The highest BCUT2D eigenvalue weighted by Gasteiger charge is 2.21. The van der Waals surface area contributed by atoms with E-state index in [1.807, 2.05) is 30.3 Å². The van der Waals surface area contributed by atoms with Gasteiger partial charge in [0.15, 0.2) is 0 Å². The Kier molecular flexibility index (Phi) is 5.16. The third-order valence-electron chi connectivity index (χ3n) is 5.07. The first-order valence-electron chi connectivity index (χ1n) is 9.49. The molecule has 29 heavy (non-hydrogen) atoms. The van der Waals surface area contributed by atoms with Crippen molar-refractivity contribution in [2.75, 3.05) is 18.1 Å². The van der Waals surface area contributed by atoms with Gasteiger partial charge < -0.3 is 4.74 Å². The van der Waals surface area contributed by atoms with E-state index in [-0.39, 0.29) is 0 Å². The quantitative estimate of drug-likeness (QED) is 0.681. The van der Waals surface area contributed by atoms with Crippen molar-refractivity contribution in [1.29, 1.82) is 0 Å². The Bertz CT molecular complexity index is 1200. The standard InChI is InChI=1S/C24H23NO3S/c1-28-23-12-6-9-19-14-13-18-8-3-4-11-21(18)22(24(19)23)16-17-7-5-10-20(15-17)25-29(2,26)27/h3-12,15-16,25H,13-14H2,1-2H3/b22-16+. The Hall–Kier alpha value is -3.05. The fourth-order valence-electron chi connectivity index (χ4n) is 3.89. The SMILES string of the molecule is COc1cccc2c1/C(=C/c1cccc(NS(C)(=O)=O)c1)c1ccccc1CC2. The van der Waals surface area contributed by atoms with Crippen LogP contribution in [0, 0.1) is 0 Å². The minimum Gasteiger partial charge on any atom is -0.496 e. The molecule has 0 radical (unpaired) electrons. The van der Waals surface area contributed by atoms with Gasteiger partial charge in [0.1, 0.15) is 5.75 Å². The van der Waals surface area contributed by atoms with E-state index >= 15 is 0 Å². The third kappa shape index (κ3) is 4.20. The molecule has 1 N–H and O–H groups in total. The van der Waals surface area contributed by atoms with Crippen molar-refractivity contribution in [1.82, 2.24) is 0 Å². The monoisotopic (exact) mass is 405 g/mol. The first kappa shape index (κ1) is 19.3. The van der Waals surface area contributed by atoms with Crippen LogP contribution in [0.15, 0.2) is 66.7 Å². The number of sulfonamides is 1. The van der Waals surface area contributed by atoms with Crippen LogP contribution in [0.2, 0.25) is 0 Å². The molecule has 4 nitrogen and oxygen atoms in total. The molecular weight excluding hydrogens is 382 g/mol. The third-order valence-corrected chi connectivity index (χ3v) is 5.68. The van der Waals surface area contributed by atoms with Gasteiger partial charge in [-0.1, -0.05) is 48.5 Å². The van der Waals surface area contributed by atoms with E-state index in [0.717, 1.165) is 41.5 Å². The van der Waals surface area contributed by atoms with Crippen LogP contribution in [-0.2, 0) is 22.9 Å². The van der Waals surface area contributed by atoms with Gasteiger partial charge in [0.25, 0.3) is 0 Å². The van der Waals surface area contributed by atoms with Crippen molar-refractivity contribution >= 4 is 27.4 Å². The van der Waals surface area contributed by atoms with Crippen molar-refractivity contribution in [2.24, 2.45) is 0 Å². The van der Waals surface area contributed by atoms with Crippen LogP contribution in [0.4, 0.5) is 5.69 Å². The summed E-state index contributed by atoms with van der Waals surface area (Å²) in [6.07, 6.45) is 5.17. The second-order valence-corrected chi connectivity index (χ2v) is 8.96. The maximum atomic E-state index is 11.6. The van der Waals surface area contributed by atoms with E-state index in [1.165, 1.54) is 16.7 Å². The van der Waals surface area contributed by atoms with Gasteiger partial charge in [0.2, 0.25) is 10.0 Å². The van der Waals surface area contributed by atoms with Crippen molar-refractivity contribution < 1.29 is 13.2 Å². The number of methoxy groups -OCH3 is 1. The molecule has 0 unspecified atom stereocenters. The van der Waals surface area contributed by atoms with Crippen LogP contribution in [0.25, 0.3) is 11.6 Å². The summed E-state index contributed by atoms with van der Waals surface area (Å²) in [6.45, 7) is 0. The van der Waals surface area contributed by atoms with Crippen LogP contribution in [0.3, 0.4) is 0 Å². The van der Waals surface area contributed by atoms with Crippen LogP contribution >= 0.6 is 0 Å². The van der Waals surface area contributed by atoms with Gasteiger partial charge in [-0.15, -0.1) is 0 Å². The molecular formula is C24H23NO3S. The maximum absolute atomic E-state index is 11.6. The smallest absolute Gasteiger partial charge is 0.229 e. The molecule has 1 aliphatic carbocycles. The summed E-state index contributed by atoms with van der Waals surface area (Å²) in [5, 5.41) is 0. The zero-order chi connectivity index (χ0) is 20.4. The van der Waals surface area contributed by atoms with Gasteiger partial charge in [0.05, 0.1) is 13.4 Å². The highest BCUT2D eigenvalue weighted by atomic mass is 32.2. The molecule has 0 spiro atoms. The highest BCUT2D eigenvalue weighted by Crippen LogP contribution is 2.40. The number of hydrogen-bond acceptors (Lipinski definition) is 3. The van der Waals surface area contributed by atoms with E-state index in [2.05, 4.69) is 41.1 Å². The topological polar surface area (TPSA) is 55.4 Å². The molecule has 3 aromatic carbocycles. The molecule has 0 amide bonds. The predicted molar refractivity (Wildman–Crippen MR) is 119 cm³/mol. The first-order chi connectivity index (χ1) is 13.9. The average Bonchev–Trinajstić information content (AvgIpc) is 2.84. The minimum atomic E-state index is -3.33. The van der Waals surface area contributed by atoms with Crippen molar-refractivity contribution in [2.45, 2.75) is 12.8 Å². The molecule has 0 aliphatic heterocycles. The first-order valence-corrected chi connectivity index (χ1v) is 11.4. The number of ether oxygens (including phenoxy) is 1. The average molecular weight is 406 g/mol. The number of aryl methyl sites for hydroxylation is 2. The van der Waals surface area contributed by atoms with Gasteiger partial charge in [-0.2, -0.15) is 0 Å². The number of nitrogens with one attached hydrogen (secondary N) is 1. The molecule has 148 valence electrons. The lowest BCUT2D eigenvalue weighted by Gasteiger charge is -2.16. The molecule has 0 saturated heterocycles. The predicted octanol–water partition coefficient (Wildman–Crippen LogP) is 4.75. The van der Waals surface area contributed by atoms with Gasteiger partial charge in [-0.05, 0) is 64.9 Å². The molecule has 3 aromatic rings. The largest absolute Gasteiger partial charge is 0.496 e. The van der Waals surface area contributed by atoms with Crippen LogP contribution in [-0.4, -0.2) is 21.8 Å². The Morgan fingerprint density at radius 3 is 2.45 bits per heavy atom. The fraction of sp³-hybridized carbons (Fsp3) is 0.167. The minimum absolute atomic E-state index is 0.545. The van der Waals surface area contributed by atoms with Gasteiger partial charge >= 0.3 is 0 Å². The van der Waals surface area contributed by atoms with E-state index < -0.39 is 10.0 Å². The van der Waals surface area contributed by atoms with Crippen molar-refractivity contribution in [3.8, 4) is 5.75 Å². The Morgan fingerprint density at radius 1 is 0.931 bits per heavy atom. The molecule has 5 heteroatoms. The molecule has 1 aliphatic rings. The highest BCUT2D eigenvalue weighted by molar-refractivity contribution is 7.92. The second-order valence-electron chi connectivity index (χ2n) is 7.21. The van der Waals surface area contributed by atoms with Crippen LogP contribution < -0.4 is 9.46 Å². The molecule has 0 saturated carbocycles. The molecule has 0 atom stereocenters. The maximum Gasteiger partial charge on any atom is 0.229 e. The molecule has 0 fully saturated rings. The van der Waals surface area contributed by atoms with E-state index in [0.29, 0.717) is 5.69 Å². The summed E-state index contributed by atoms with van der Waals surface area (Å²) in [5.74, 6) is 0.843. The summed E-state index contributed by atoms with van der Waals surface area (Å²) in [4.78, 5) is 0. The van der Waals surface area contributed by atoms with Crippen molar-refractivity contribution in [3.05, 3.63) is 94.5 Å². The lowest BCUT2D eigenvalue weighted by molar-refractivity contribution is 0.413. The Morgan fingerprint density at radius 2 is 1.66 bits per heavy atom.